The Morgan fingerprint density at radius 1 is 0.211 bits per heavy atom. The number of amides is 8. The average molecular weight is 1480 g/mol. The monoisotopic (exact) mass is 1480 g/mol. The third kappa shape index (κ3) is 12.8. The van der Waals surface area contributed by atoms with Crippen LogP contribution in [0, 0.1) is 0 Å². The summed E-state index contributed by atoms with van der Waals surface area (Å²) < 4.78 is 0. The lowest BCUT2D eigenvalue weighted by Gasteiger charge is -2.36. The summed E-state index contributed by atoms with van der Waals surface area (Å²) in [4.78, 5) is 133. The molecular weight excluding hydrogens is 1370 g/mol. The molecule has 5 heterocycles. The first kappa shape index (κ1) is 75.5. The Morgan fingerprint density at radius 3 is 0.642 bits per heavy atom. The first-order chi connectivity index (χ1) is 53.2. The number of hydrogen-bond acceptors (Lipinski definition) is 9. The maximum Gasteiger partial charge on any atom is 0.261 e. The largest absolute Gasteiger partial charge is 0.271 e. The summed E-state index contributed by atoms with van der Waals surface area (Å²) in [7, 11) is 0. The Hall–Kier alpha value is -8.94. The van der Waals surface area contributed by atoms with Gasteiger partial charge in [-0.15, -0.1) is 11.3 Å². The smallest absolute Gasteiger partial charge is 0.261 e. The summed E-state index contributed by atoms with van der Waals surface area (Å²) in [6.45, 7) is 17.4. The van der Waals surface area contributed by atoms with E-state index in [1.165, 1.54) is 0 Å². The molecule has 8 amide bonds. The summed E-state index contributed by atoms with van der Waals surface area (Å²) in [5.41, 5.74) is 5.29. The number of fused-ring (bicyclic) bond motifs is 4. The van der Waals surface area contributed by atoms with Gasteiger partial charge in [-0.25, -0.2) is 0 Å². The minimum Gasteiger partial charge on any atom is -0.271 e. The van der Waals surface area contributed by atoms with E-state index in [4.69, 9.17) is 0 Å². The van der Waals surface area contributed by atoms with E-state index in [2.05, 4.69) is 67.5 Å². The normalized spacial score (nSPS) is 14.7. The summed E-state index contributed by atoms with van der Waals surface area (Å²) in [6.07, 6.45) is 29.1. The fourth-order valence-electron chi connectivity index (χ4n) is 19.8. The molecule has 0 saturated carbocycles. The SMILES string of the molecule is CCCCCC(CCCCC)N1C(=O)c2ccc3c4ccc5c6c(cc(-c7ccc(-c8cc9c%10c(ccc%11c%12ccc%13c%14c(ccc(c8c%10%11)c%14%12)C(=O)N(C(CCCCC)CCCCC)C%13=O)C(=O)N(C(CCCCC)CCCCC)C9=O)s7)c(c7ccc(c2c37)C1=O)c64)C(=O)N(C(CCCCC)CCCCC)C5=O. The van der Waals surface area contributed by atoms with Crippen molar-refractivity contribution in [2.24, 2.45) is 0 Å². The topological polar surface area (TPSA) is 150 Å². The highest BCUT2D eigenvalue weighted by atomic mass is 32.1. The lowest BCUT2D eigenvalue weighted by molar-refractivity contribution is 0.0501. The van der Waals surface area contributed by atoms with Crippen molar-refractivity contribution in [3.63, 3.8) is 0 Å². The zero-order valence-corrected chi connectivity index (χ0v) is 66.5. The van der Waals surface area contributed by atoms with Gasteiger partial charge in [0.15, 0.2) is 0 Å². The van der Waals surface area contributed by atoms with Crippen molar-refractivity contribution >= 4 is 145 Å². The molecule has 10 aromatic carbocycles. The summed E-state index contributed by atoms with van der Waals surface area (Å²) >= 11 is 1.54. The first-order valence-corrected chi connectivity index (χ1v) is 43.1. The molecule has 0 radical (unpaired) electrons. The van der Waals surface area contributed by atoms with E-state index in [1.807, 2.05) is 84.9 Å². The highest BCUT2D eigenvalue weighted by molar-refractivity contribution is 7.19. The quantitative estimate of drug-likeness (QED) is 0.0161. The highest BCUT2D eigenvalue weighted by Gasteiger charge is 2.45. The molecule has 0 aliphatic carbocycles. The van der Waals surface area contributed by atoms with Crippen molar-refractivity contribution in [2.45, 2.75) is 285 Å². The zero-order chi connectivity index (χ0) is 76.1. The van der Waals surface area contributed by atoms with E-state index in [0.29, 0.717) is 91.7 Å². The van der Waals surface area contributed by atoms with Gasteiger partial charge >= 0.3 is 0 Å². The summed E-state index contributed by atoms with van der Waals surface area (Å²) in [6, 6.07) is 30.8. The van der Waals surface area contributed by atoms with Gasteiger partial charge in [-0.2, -0.15) is 0 Å². The molecule has 0 bridgehead atoms. The van der Waals surface area contributed by atoms with Crippen LogP contribution in [0.25, 0.3) is 107 Å². The lowest BCUT2D eigenvalue weighted by Crippen LogP contribution is -2.47. The molecule has 4 aliphatic rings. The van der Waals surface area contributed by atoms with Gasteiger partial charge in [0.1, 0.15) is 0 Å². The molecule has 15 rings (SSSR count). The highest BCUT2D eigenvalue weighted by Crippen LogP contribution is 2.55. The Morgan fingerprint density at radius 2 is 0.413 bits per heavy atom. The predicted octanol–water partition coefficient (Wildman–Crippen LogP) is 25.7. The van der Waals surface area contributed by atoms with Crippen molar-refractivity contribution < 1.29 is 38.4 Å². The van der Waals surface area contributed by atoms with Crippen LogP contribution >= 0.6 is 11.3 Å². The van der Waals surface area contributed by atoms with Crippen molar-refractivity contribution in [3.8, 4) is 20.9 Å². The second kappa shape index (κ2) is 32.2. The molecule has 4 aliphatic heterocycles. The van der Waals surface area contributed by atoms with Gasteiger partial charge in [0.25, 0.3) is 47.3 Å². The molecule has 0 fully saturated rings. The van der Waals surface area contributed by atoms with Crippen LogP contribution in [0.15, 0.2) is 97.1 Å². The van der Waals surface area contributed by atoms with Crippen LogP contribution in [0.3, 0.4) is 0 Å². The standard InChI is InChI=1S/C96H108N4O8S/c1-9-17-25-33-57(34-26-18-10-2)97-89(101)67-47-41-61-63-43-49-71-85-75(95(107)99(93(71)105)59(37-29-21-13-5)38-30-22-14-6)55-73(81(87(63)85)65-45-51-69(91(97)103)83(67)79(61)65)77-53-54-78(109-77)74-56-76-86-72(94(106)100(96(76)108)60(39-31-23-15-7)40-32-24-16-8)50-44-64-62-42-48-68-84-70(52-46-66(80(62)84)82(74)88(64)86)92(104)98(90(68)102)58(35-27-19-11-3)36-28-20-12-4/h41-60H,9-40H2,1-8H3. The Balaban J connectivity index is 0.984. The van der Waals surface area contributed by atoms with E-state index in [1.54, 1.807) is 30.9 Å². The zero-order valence-electron chi connectivity index (χ0n) is 65.6. The molecule has 12 nitrogen and oxygen atoms in total. The third-order valence-electron chi connectivity index (χ3n) is 25.3. The third-order valence-corrected chi connectivity index (χ3v) is 26.5. The van der Waals surface area contributed by atoms with Crippen LogP contribution in [0.2, 0.25) is 0 Å². The van der Waals surface area contributed by atoms with Crippen LogP contribution in [-0.4, -0.2) is 91.0 Å². The lowest BCUT2D eigenvalue weighted by atomic mass is 9.80. The van der Waals surface area contributed by atoms with Crippen LogP contribution < -0.4 is 0 Å². The molecule has 566 valence electrons. The molecule has 0 unspecified atom stereocenters. The molecule has 0 spiro atoms. The van der Waals surface area contributed by atoms with Gasteiger partial charge in [0, 0.05) is 111 Å². The molecule has 0 saturated heterocycles. The fourth-order valence-corrected chi connectivity index (χ4v) is 20.9. The number of benzene rings is 10. The van der Waals surface area contributed by atoms with Gasteiger partial charge < -0.3 is 0 Å². The van der Waals surface area contributed by atoms with E-state index < -0.39 is 0 Å². The van der Waals surface area contributed by atoms with E-state index in [0.717, 1.165) is 265 Å². The van der Waals surface area contributed by atoms with Gasteiger partial charge in [0.05, 0.1) is 0 Å². The predicted molar refractivity (Wildman–Crippen MR) is 448 cm³/mol. The van der Waals surface area contributed by atoms with Crippen molar-refractivity contribution in [1.82, 2.24) is 19.6 Å². The second-order valence-corrected chi connectivity index (χ2v) is 33.4. The minimum absolute atomic E-state index is 0.245. The maximum absolute atomic E-state index is 16.2. The molecule has 13 heteroatoms. The Labute approximate surface area is 646 Å². The number of thiophene rings is 1. The van der Waals surface area contributed by atoms with Crippen molar-refractivity contribution in [3.05, 3.63) is 142 Å². The van der Waals surface area contributed by atoms with E-state index in [-0.39, 0.29) is 71.4 Å². The Bertz CT molecular complexity index is 5010. The van der Waals surface area contributed by atoms with Gasteiger partial charge in [0.2, 0.25) is 0 Å². The second-order valence-electron chi connectivity index (χ2n) is 32.3. The van der Waals surface area contributed by atoms with Crippen LogP contribution in [0.1, 0.15) is 344 Å². The molecule has 1 aromatic heterocycles. The number of imide groups is 4. The summed E-state index contributed by atoms with van der Waals surface area (Å²) in [5.74, 6) is -2.34. The van der Waals surface area contributed by atoms with Crippen molar-refractivity contribution in [1.29, 1.82) is 0 Å². The number of hydrogen-bond donors (Lipinski definition) is 0. The van der Waals surface area contributed by atoms with E-state index in [9.17, 15) is 0 Å². The number of nitrogens with zero attached hydrogens (tertiary/aromatic N) is 4. The maximum atomic E-state index is 16.2. The number of carbonyl (C=O) groups is 8. The molecule has 0 N–H and O–H groups in total. The van der Waals surface area contributed by atoms with Gasteiger partial charge in [-0.1, -0.05) is 246 Å². The summed E-state index contributed by atoms with van der Waals surface area (Å²) in [5, 5.41) is 12.0. The van der Waals surface area contributed by atoms with Crippen molar-refractivity contribution in [2.75, 3.05) is 0 Å². The number of unbranched alkanes of at least 4 members (excludes halogenated alkanes) is 16. The van der Waals surface area contributed by atoms with Crippen LogP contribution in [0.4, 0.5) is 0 Å². The van der Waals surface area contributed by atoms with Gasteiger partial charge in [-0.3, -0.25) is 58.0 Å². The molecular formula is C96H108N4O8S. The molecule has 0 atom stereocenters. The average Bonchev–Trinajstić information content (AvgIpc) is 1.31. The first-order valence-electron chi connectivity index (χ1n) is 42.3. The fraction of sp³-hybridized carbons (Fsp3) is 0.458. The Kier molecular flexibility index (Phi) is 22.3. The van der Waals surface area contributed by atoms with Crippen LogP contribution in [0.5, 0.6) is 0 Å². The van der Waals surface area contributed by atoms with Crippen LogP contribution in [-0.2, 0) is 0 Å². The van der Waals surface area contributed by atoms with Gasteiger partial charge in [-0.05, 0) is 177 Å². The minimum atomic E-state index is -0.319. The number of rotatable bonds is 38. The molecule has 11 aromatic rings. The molecule has 109 heavy (non-hydrogen) atoms. The number of carbonyl (C=O) groups excluding carboxylic acids is 8. The van der Waals surface area contributed by atoms with E-state index >= 15 is 38.4 Å².